The zero-order chi connectivity index (χ0) is 14.6. The van der Waals surface area contributed by atoms with Crippen LogP contribution in [0, 0.1) is 11.7 Å². The van der Waals surface area contributed by atoms with Gasteiger partial charge in [-0.15, -0.1) is 0 Å². The van der Waals surface area contributed by atoms with E-state index < -0.39 is 0 Å². The van der Waals surface area contributed by atoms with E-state index in [1.54, 1.807) is 6.07 Å². The van der Waals surface area contributed by atoms with Crippen molar-refractivity contribution in [1.29, 1.82) is 0 Å². The Hall–Kier alpha value is -1.09. The molecule has 108 valence electrons. The molecule has 19 heavy (non-hydrogen) atoms. The molecular formula is C16H27FN2. The molecule has 0 amide bonds. The van der Waals surface area contributed by atoms with Crippen molar-refractivity contribution in [3.63, 3.8) is 0 Å². The molecule has 0 aliphatic heterocycles. The number of anilines is 1. The van der Waals surface area contributed by atoms with Crippen LogP contribution in [0.5, 0.6) is 0 Å². The molecule has 0 fully saturated rings. The summed E-state index contributed by atoms with van der Waals surface area (Å²) in [4.78, 5) is 2.23. The third kappa shape index (κ3) is 4.83. The summed E-state index contributed by atoms with van der Waals surface area (Å²) in [5.41, 5.74) is 7.94. The molecular weight excluding hydrogens is 239 g/mol. The number of hydrogen-bond donors (Lipinski definition) is 1. The molecule has 2 nitrogen and oxygen atoms in total. The van der Waals surface area contributed by atoms with Crippen LogP contribution in [0.2, 0.25) is 0 Å². The van der Waals surface area contributed by atoms with Crippen LogP contribution in [0.3, 0.4) is 0 Å². The summed E-state index contributed by atoms with van der Waals surface area (Å²) in [6, 6.07) is 5.46. The number of halogens is 1. The molecule has 1 aromatic rings. The summed E-state index contributed by atoms with van der Waals surface area (Å²) in [7, 11) is 2.07. The number of hydrogen-bond acceptors (Lipinski definition) is 2. The first-order chi connectivity index (χ1) is 8.81. The molecule has 0 radical (unpaired) electrons. The zero-order valence-electron chi connectivity index (χ0n) is 12.8. The minimum atomic E-state index is -0.190. The Bertz CT molecular complexity index is 402. The second-order valence-electron chi connectivity index (χ2n) is 6.04. The third-order valence-electron chi connectivity index (χ3n) is 3.44. The summed E-state index contributed by atoms with van der Waals surface area (Å²) in [6.45, 7) is 8.60. The highest BCUT2D eigenvalue weighted by molar-refractivity contribution is 5.54. The van der Waals surface area contributed by atoms with E-state index in [0.29, 0.717) is 18.4 Å². The second-order valence-corrected chi connectivity index (χ2v) is 6.04. The number of rotatable bonds is 6. The highest BCUT2D eigenvalue weighted by Gasteiger charge is 2.16. The lowest BCUT2D eigenvalue weighted by atomic mass is 10.0. The van der Waals surface area contributed by atoms with Crippen molar-refractivity contribution < 1.29 is 4.39 Å². The monoisotopic (exact) mass is 266 g/mol. The van der Waals surface area contributed by atoms with Crippen LogP contribution < -0.4 is 10.6 Å². The van der Waals surface area contributed by atoms with Crippen LogP contribution in [-0.4, -0.2) is 19.1 Å². The van der Waals surface area contributed by atoms with Crippen LogP contribution in [0.4, 0.5) is 10.1 Å². The van der Waals surface area contributed by atoms with Gasteiger partial charge in [0.15, 0.2) is 0 Å². The molecule has 1 rings (SSSR count). The van der Waals surface area contributed by atoms with Crippen molar-refractivity contribution in [2.24, 2.45) is 11.7 Å². The molecule has 2 unspecified atom stereocenters. The molecule has 3 heteroatoms. The van der Waals surface area contributed by atoms with Gasteiger partial charge in [0.25, 0.3) is 0 Å². The Morgan fingerprint density at radius 3 is 2.37 bits per heavy atom. The van der Waals surface area contributed by atoms with Gasteiger partial charge in [0.1, 0.15) is 5.82 Å². The Labute approximate surface area is 116 Å². The molecule has 1 aromatic carbocycles. The first-order valence-electron chi connectivity index (χ1n) is 7.08. The second kappa shape index (κ2) is 6.90. The van der Waals surface area contributed by atoms with E-state index in [-0.39, 0.29) is 11.9 Å². The van der Waals surface area contributed by atoms with E-state index in [9.17, 15) is 4.39 Å². The lowest BCUT2D eigenvalue weighted by molar-refractivity contribution is 0.503. The predicted octanol–water partition coefficient (Wildman–Crippen LogP) is 3.59. The van der Waals surface area contributed by atoms with Gasteiger partial charge in [-0.1, -0.05) is 13.8 Å². The fourth-order valence-corrected chi connectivity index (χ4v) is 2.49. The van der Waals surface area contributed by atoms with E-state index in [1.807, 2.05) is 13.0 Å². The molecule has 0 aliphatic rings. The number of benzene rings is 1. The predicted molar refractivity (Wildman–Crippen MR) is 81.1 cm³/mol. The Kier molecular flexibility index (Phi) is 5.80. The summed E-state index contributed by atoms with van der Waals surface area (Å²) >= 11 is 0. The lowest BCUT2D eigenvalue weighted by Crippen LogP contribution is -2.31. The average Bonchev–Trinajstić information content (AvgIpc) is 2.26. The van der Waals surface area contributed by atoms with Crippen molar-refractivity contribution in [2.75, 3.05) is 11.9 Å². The van der Waals surface area contributed by atoms with Gasteiger partial charge < -0.3 is 10.6 Å². The standard InChI is InChI=1S/C16H27FN2/c1-11(2)8-13(4)19(5)16-7-6-15(17)10-14(16)9-12(3)18/h6-7,10-13H,8-9,18H2,1-5H3. The van der Waals surface area contributed by atoms with Gasteiger partial charge in [-0.05, 0) is 56.4 Å². The van der Waals surface area contributed by atoms with Crippen molar-refractivity contribution in [3.05, 3.63) is 29.6 Å². The summed E-state index contributed by atoms with van der Waals surface area (Å²) in [5.74, 6) is 0.457. The molecule has 0 heterocycles. The van der Waals surface area contributed by atoms with Crippen molar-refractivity contribution in [3.8, 4) is 0 Å². The fourth-order valence-electron chi connectivity index (χ4n) is 2.49. The van der Waals surface area contributed by atoms with Gasteiger partial charge in [0.2, 0.25) is 0 Å². The minimum absolute atomic E-state index is 0.0364. The van der Waals surface area contributed by atoms with Gasteiger partial charge in [0, 0.05) is 24.8 Å². The van der Waals surface area contributed by atoms with Crippen LogP contribution in [0.25, 0.3) is 0 Å². The topological polar surface area (TPSA) is 29.3 Å². The highest BCUT2D eigenvalue weighted by atomic mass is 19.1. The van der Waals surface area contributed by atoms with E-state index in [4.69, 9.17) is 5.73 Å². The average molecular weight is 266 g/mol. The van der Waals surface area contributed by atoms with Gasteiger partial charge in [0.05, 0.1) is 0 Å². The summed E-state index contributed by atoms with van der Waals surface area (Å²) < 4.78 is 13.4. The van der Waals surface area contributed by atoms with Crippen molar-refractivity contribution >= 4 is 5.69 Å². The molecule has 0 spiro atoms. The molecule has 0 aliphatic carbocycles. The summed E-state index contributed by atoms with van der Waals surface area (Å²) in [6.07, 6.45) is 1.82. The largest absolute Gasteiger partial charge is 0.372 e. The van der Waals surface area contributed by atoms with Gasteiger partial charge >= 0.3 is 0 Å². The SMILES string of the molecule is CC(C)CC(C)N(C)c1ccc(F)cc1CC(C)N. The lowest BCUT2D eigenvalue weighted by Gasteiger charge is -2.30. The van der Waals surface area contributed by atoms with Crippen molar-refractivity contribution in [1.82, 2.24) is 0 Å². The van der Waals surface area contributed by atoms with Gasteiger partial charge in [-0.3, -0.25) is 0 Å². The normalized spacial score (nSPS) is 14.5. The maximum atomic E-state index is 13.4. The highest BCUT2D eigenvalue weighted by Crippen LogP contribution is 2.25. The van der Waals surface area contributed by atoms with E-state index in [1.165, 1.54) is 6.07 Å². The first-order valence-corrected chi connectivity index (χ1v) is 7.08. The van der Waals surface area contributed by atoms with Crippen molar-refractivity contribution in [2.45, 2.75) is 52.6 Å². The fraction of sp³-hybridized carbons (Fsp3) is 0.625. The molecule has 2 N–H and O–H groups in total. The third-order valence-corrected chi connectivity index (χ3v) is 3.44. The Balaban J connectivity index is 2.97. The Morgan fingerprint density at radius 2 is 1.84 bits per heavy atom. The summed E-state index contributed by atoms with van der Waals surface area (Å²) in [5, 5.41) is 0. The number of nitrogens with two attached hydrogens (primary N) is 1. The van der Waals surface area contributed by atoms with Gasteiger partial charge in [-0.2, -0.15) is 0 Å². The van der Waals surface area contributed by atoms with E-state index in [0.717, 1.165) is 17.7 Å². The zero-order valence-corrected chi connectivity index (χ0v) is 12.8. The quantitative estimate of drug-likeness (QED) is 0.852. The van der Waals surface area contributed by atoms with Gasteiger partial charge in [-0.25, -0.2) is 4.39 Å². The maximum Gasteiger partial charge on any atom is 0.123 e. The molecule has 0 bridgehead atoms. The smallest absolute Gasteiger partial charge is 0.123 e. The first kappa shape index (κ1) is 16.0. The molecule has 2 atom stereocenters. The number of nitrogens with zero attached hydrogens (tertiary/aromatic N) is 1. The molecule has 0 saturated heterocycles. The maximum absolute atomic E-state index is 13.4. The molecule has 0 saturated carbocycles. The van der Waals surface area contributed by atoms with Crippen LogP contribution in [0.15, 0.2) is 18.2 Å². The Morgan fingerprint density at radius 1 is 1.21 bits per heavy atom. The van der Waals surface area contributed by atoms with Crippen LogP contribution in [0.1, 0.15) is 39.7 Å². The van der Waals surface area contributed by atoms with Crippen LogP contribution >= 0.6 is 0 Å². The minimum Gasteiger partial charge on any atom is -0.372 e. The molecule has 0 aromatic heterocycles. The van der Waals surface area contributed by atoms with E-state index in [2.05, 4.69) is 32.7 Å². The van der Waals surface area contributed by atoms with Crippen LogP contribution in [-0.2, 0) is 6.42 Å². The van der Waals surface area contributed by atoms with E-state index >= 15 is 0 Å².